The monoisotopic (exact) mass is 419 g/mol. The molecule has 0 bridgehead atoms. The predicted molar refractivity (Wildman–Crippen MR) is 121 cm³/mol. The molecule has 4 rings (SSSR count). The molecule has 0 saturated carbocycles. The van der Waals surface area contributed by atoms with E-state index in [0.717, 1.165) is 46.7 Å². The number of aliphatic hydroxyl groups is 1. The van der Waals surface area contributed by atoms with Crippen LogP contribution in [-0.4, -0.2) is 38.8 Å². The Kier molecular flexibility index (Phi) is 6.44. The summed E-state index contributed by atoms with van der Waals surface area (Å²) in [6.07, 6.45) is 0.882. The molecule has 3 aromatic rings. The first-order valence-electron chi connectivity index (χ1n) is 11.0. The van der Waals surface area contributed by atoms with Crippen molar-refractivity contribution >= 4 is 11.6 Å². The van der Waals surface area contributed by atoms with Crippen molar-refractivity contribution in [1.82, 2.24) is 20.3 Å². The maximum Gasteiger partial charge on any atom is 0.227 e. The molecule has 0 spiro atoms. The Morgan fingerprint density at radius 2 is 1.87 bits per heavy atom. The molecule has 1 aliphatic heterocycles. The lowest BCUT2D eigenvalue weighted by Gasteiger charge is -2.29. The Labute approximate surface area is 182 Å². The lowest BCUT2D eigenvalue weighted by Crippen LogP contribution is -2.35. The van der Waals surface area contributed by atoms with Crippen LogP contribution in [0.3, 0.4) is 0 Å². The number of rotatable bonds is 7. The average Bonchev–Trinajstić information content (AvgIpc) is 3.22. The van der Waals surface area contributed by atoms with Gasteiger partial charge >= 0.3 is 0 Å². The van der Waals surface area contributed by atoms with Gasteiger partial charge in [0.05, 0.1) is 17.9 Å². The predicted octanol–water partition coefficient (Wildman–Crippen LogP) is 3.58. The summed E-state index contributed by atoms with van der Waals surface area (Å²) in [4.78, 5) is 15.2. The van der Waals surface area contributed by atoms with E-state index in [-0.39, 0.29) is 12.3 Å². The van der Waals surface area contributed by atoms with Crippen LogP contribution in [0.2, 0.25) is 0 Å². The van der Waals surface area contributed by atoms with Gasteiger partial charge in [-0.2, -0.15) is 0 Å². The number of nitrogens with one attached hydrogen (secondary N) is 1. The van der Waals surface area contributed by atoms with E-state index in [2.05, 4.69) is 15.6 Å². The van der Waals surface area contributed by atoms with Gasteiger partial charge in [0.25, 0.3) is 0 Å². The van der Waals surface area contributed by atoms with Gasteiger partial charge in [-0.3, -0.25) is 10.1 Å². The molecule has 2 aromatic carbocycles. The van der Waals surface area contributed by atoms with Crippen molar-refractivity contribution in [2.75, 3.05) is 11.4 Å². The topological polar surface area (TPSA) is 83.3 Å². The summed E-state index contributed by atoms with van der Waals surface area (Å²) in [6.45, 7) is 5.94. The quantitative estimate of drug-likeness (QED) is 0.572. The molecule has 7 heteroatoms. The summed E-state index contributed by atoms with van der Waals surface area (Å²) in [5.74, 6) is -0.0152. The lowest BCUT2D eigenvalue weighted by atomic mass is 9.95. The van der Waals surface area contributed by atoms with Crippen molar-refractivity contribution in [3.8, 4) is 22.5 Å². The number of carbonyl (C=O) groups excluding carboxylic acids is 1. The van der Waals surface area contributed by atoms with Crippen LogP contribution in [0.1, 0.15) is 38.7 Å². The third kappa shape index (κ3) is 4.24. The molecule has 1 amide bonds. The van der Waals surface area contributed by atoms with Crippen LogP contribution < -0.4 is 10.2 Å². The number of amides is 1. The van der Waals surface area contributed by atoms with Crippen LogP contribution in [-0.2, 0) is 17.9 Å². The highest BCUT2D eigenvalue weighted by molar-refractivity contribution is 6.00. The SMILES string of the molecule is CCCNC(O)CCC(=O)N1Cc2ccccc2-c2nnn(CC)c2-c2ccccc21. The zero-order valence-electron chi connectivity index (χ0n) is 18.1. The van der Waals surface area contributed by atoms with Crippen LogP contribution in [0.25, 0.3) is 22.5 Å². The van der Waals surface area contributed by atoms with Gasteiger partial charge in [-0.05, 0) is 37.9 Å². The van der Waals surface area contributed by atoms with Crippen LogP contribution >= 0.6 is 0 Å². The van der Waals surface area contributed by atoms with E-state index >= 15 is 0 Å². The average molecular weight is 420 g/mol. The molecular weight excluding hydrogens is 390 g/mol. The second kappa shape index (κ2) is 9.41. The molecule has 1 atom stereocenters. The van der Waals surface area contributed by atoms with Gasteiger partial charge in [0.2, 0.25) is 5.91 Å². The zero-order chi connectivity index (χ0) is 21.8. The number of nitrogens with zero attached hydrogens (tertiary/aromatic N) is 4. The number of carbonyl (C=O) groups is 1. The number of benzene rings is 2. The summed E-state index contributed by atoms with van der Waals surface area (Å²) in [6, 6.07) is 16.0. The number of aliphatic hydroxyl groups excluding tert-OH is 1. The number of aryl methyl sites for hydroxylation is 1. The van der Waals surface area contributed by atoms with Gasteiger partial charge in [0.15, 0.2) is 0 Å². The van der Waals surface area contributed by atoms with Crippen LogP contribution in [0, 0.1) is 0 Å². The van der Waals surface area contributed by atoms with E-state index in [1.54, 1.807) is 0 Å². The lowest BCUT2D eigenvalue weighted by molar-refractivity contribution is -0.119. The number of hydrogen-bond acceptors (Lipinski definition) is 5. The highest BCUT2D eigenvalue weighted by Gasteiger charge is 2.28. The standard InChI is InChI=1S/C24H29N5O2/c1-3-15-25-21(30)13-14-22(31)28-16-17-9-5-6-10-18(17)23-24(29(4-2)27-26-23)19-11-7-8-12-20(19)28/h5-12,21,25,30H,3-4,13-16H2,1-2H3. The van der Waals surface area contributed by atoms with Gasteiger partial charge in [-0.1, -0.05) is 54.6 Å². The van der Waals surface area contributed by atoms with Crippen molar-refractivity contribution < 1.29 is 9.90 Å². The first-order valence-corrected chi connectivity index (χ1v) is 11.0. The molecule has 31 heavy (non-hydrogen) atoms. The van der Waals surface area contributed by atoms with E-state index in [9.17, 15) is 9.90 Å². The molecule has 7 nitrogen and oxygen atoms in total. The third-order valence-electron chi connectivity index (χ3n) is 5.65. The van der Waals surface area contributed by atoms with Crippen molar-refractivity contribution in [2.45, 2.75) is 52.4 Å². The van der Waals surface area contributed by atoms with E-state index < -0.39 is 6.23 Å². The van der Waals surface area contributed by atoms with Gasteiger partial charge in [0, 0.05) is 24.1 Å². The second-order valence-electron chi connectivity index (χ2n) is 7.77. The van der Waals surface area contributed by atoms with Crippen LogP contribution in [0.15, 0.2) is 48.5 Å². The molecule has 0 radical (unpaired) electrons. The minimum absolute atomic E-state index is 0.0152. The molecule has 1 unspecified atom stereocenters. The second-order valence-corrected chi connectivity index (χ2v) is 7.77. The number of fused-ring (bicyclic) bond motifs is 5. The molecule has 2 N–H and O–H groups in total. The van der Waals surface area contributed by atoms with Crippen LogP contribution in [0.4, 0.5) is 5.69 Å². The Morgan fingerprint density at radius 1 is 1.13 bits per heavy atom. The third-order valence-corrected chi connectivity index (χ3v) is 5.65. The highest BCUT2D eigenvalue weighted by atomic mass is 16.3. The van der Waals surface area contributed by atoms with E-state index in [0.29, 0.717) is 19.5 Å². The maximum absolute atomic E-state index is 13.4. The zero-order valence-corrected chi connectivity index (χ0v) is 18.1. The fourth-order valence-electron chi connectivity index (χ4n) is 4.07. The molecular formula is C24H29N5O2. The number of hydrogen-bond donors (Lipinski definition) is 2. The number of para-hydroxylation sites is 1. The van der Waals surface area contributed by atoms with Gasteiger partial charge < -0.3 is 10.0 Å². The van der Waals surface area contributed by atoms with Crippen molar-refractivity contribution in [2.24, 2.45) is 0 Å². The first kappa shape index (κ1) is 21.2. The van der Waals surface area contributed by atoms with E-state index in [1.165, 1.54) is 0 Å². The van der Waals surface area contributed by atoms with Crippen molar-refractivity contribution in [1.29, 1.82) is 0 Å². The molecule has 0 fully saturated rings. The van der Waals surface area contributed by atoms with Crippen molar-refractivity contribution in [3.05, 3.63) is 54.1 Å². The number of anilines is 1. The molecule has 1 aromatic heterocycles. The Balaban J connectivity index is 1.76. The fraction of sp³-hybridized carbons (Fsp3) is 0.375. The first-order chi connectivity index (χ1) is 15.1. The largest absolute Gasteiger partial charge is 0.379 e. The summed E-state index contributed by atoms with van der Waals surface area (Å²) >= 11 is 0. The normalized spacial score (nSPS) is 13.6. The summed E-state index contributed by atoms with van der Waals surface area (Å²) in [5.41, 5.74) is 5.57. The van der Waals surface area contributed by atoms with Gasteiger partial charge in [0.1, 0.15) is 11.9 Å². The molecule has 0 aliphatic carbocycles. The van der Waals surface area contributed by atoms with Crippen LogP contribution in [0.5, 0.6) is 0 Å². The molecule has 1 aliphatic rings. The Hall–Kier alpha value is -3.03. The smallest absolute Gasteiger partial charge is 0.227 e. The Morgan fingerprint density at radius 3 is 2.65 bits per heavy atom. The van der Waals surface area contributed by atoms with Crippen molar-refractivity contribution in [3.63, 3.8) is 0 Å². The summed E-state index contributed by atoms with van der Waals surface area (Å²) < 4.78 is 1.89. The molecule has 2 heterocycles. The maximum atomic E-state index is 13.4. The fourth-order valence-corrected chi connectivity index (χ4v) is 4.07. The molecule has 0 saturated heterocycles. The summed E-state index contributed by atoms with van der Waals surface area (Å²) in [7, 11) is 0. The molecule has 162 valence electrons. The van der Waals surface area contributed by atoms with E-state index in [4.69, 9.17) is 0 Å². The highest BCUT2D eigenvalue weighted by Crippen LogP contribution is 2.41. The van der Waals surface area contributed by atoms with E-state index in [1.807, 2.05) is 72.0 Å². The minimum Gasteiger partial charge on any atom is -0.379 e. The minimum atomic E-state index is -0.682. The summed E-state index contributed by atoms with van der Waals surface area (Å²) in [5, 5.41) is 22.1. The van der Waals surface area contributed by atoms with Gasteiger partial charge in [-0.15, -0.1) is 5.10 Å². The Bertz CT molecular complexity index is 1060. The number of aromatic nitrogens is 3. The van der Waals surface area contributed by atoms with Gasteiger partial charge in [-0.25, -0.2) is 4.68 Å².